The second kappa shape index (κ2) is 7.63. The molecule has 1 aromatic heterocycles. The van der Waals surface area contributed by atoms with Gasteiger partial charge in [-0.15, -0.1) is 13.2 Å². The summed E-state index contributed by atoms with van der Waals surface area (Å²) in [6.07, 6.45) is -3.58. The van der Waals surface area contributed by atoms with Crippen LogP contribution in [-0.4, -0.2) is 70.5 Å². The van der Waals surface area contributed by atoms with Crippen LogP contribution in [0.3, 0.4) is 0 Å². The van der Waals surface area contributed by atoms with Gasteiger partial charge in [0.25, 0.3) is 5.91 Å². The van der Waals surface area contributed by atoms with E-state index in [9.17, 15) is 26.4 Å². The summed E-state index contributed by atoms with van der Waals surface area (Å²) >= 11 is 0. The van der Waals surface area contributed by atoms with Crippen LogP contribution in [0.2, 0.25) is 0 Å². The fraction of sp³-hybridized carbons (Fsp3) is 0.438. The number of rotatable bonds is 4. The van der Waals surface area contributed by atoms with Crippen LogP contribution in [0.5, 0.6) is 5.75 Å². The molecule has 9 nitrogen and oxygen atoms in total. The number of carbonyl (C=O) groups excluding carboxylic acids is 1. The van der Waals surface area contributed by atoms with Crippen molar-refractivity contribution in [3.63, 3.8) is 0 Å². The third-order valence-corrected chi connectivity index (χ3v) is 6.30. The summed E-state index contributed by atoms with van der Waals surface area (Å²) in [6.45, 7) is 3.46. The van der Waals surface area contributed by atoms with Crippen molar-refractivity contribution < 1.29 is 31.1 Å². The number of aromatic amines is 1. The summed E-state index contributed by atoms with van der Waals surface area (Å²) in [7, 11) is -3.97. The molecule has 1 aromatic carbocycles. The summed E-state index contributed by atoms with van der Waals surface area (Å²) in [4.78, 5) is 14.0. The van der Waals surface area contributed by atoms with Crippen LogP contribution in [0.4, 0.5) is 13.2 Å². The van der Waals surface area contributed by atoms with E-state index in [1.165, 1.54) is 15.4 Å². The van der Waals surface area contributed by atoms with E-state index in [0.29, 0.717) is 0 Å². The van der Waals surface area contributed by atoms with E-state index in [1.807, 2.05) is 0 Å². The molecule has 0 unspecified atom stereocenters. The number of ether oxygens (including phenoxy) is 1. The first kappa shape index (κ1) is 21.0. The maximum Gasteiger partial charge on any atom is 0.573 e. The van der Waals surface area contributed by atoms with Gasteiger partial charge in [-0.1, -0.05) is 0 Å². The SMILES string of the molecule is C[C@@H]1CN(S(=O)(=O)c2ccc(OC(F)(F)F)cc2)C[C@H](C)N1C(=O)c1cn[nH]n1. The molecular formula is C16H18F3N5O4S. The first-order valence-corrected chi connectivity index (χ1v) is 9.97. The summed E-state index contributed by atoms with van der Waals surface area (Å²) in [5.41, 5.74) is 0.125. The average Bonchev–Trinajstić information content (AvgIpc) is 3.14. The molecule has 2 heterocycles. The highest BCUT2D eigenvalue weighted by molar-refractivity contribution is 7.89. The van der Waals surface area contributed by atoms with E-state index in [1.54, 1.807) is 13.8 Å². The van der Waals surface area contributed by atoms with Crippen molar-refractivity contribution in [2.24, 2.45) is 0 Å². The zero-order valence-corrected chi connectivity index (χ0v) is 16.2. The molecule has 158 valence electrons. The van der Waals surface area contributed by atoms with Crippen molar-refractivity contribution in [1.82, 2.24) is 24.6 Å². The van der Waals surface area contributed by atoms with Crippen molar-refractivity contribution in [3.8, 4) is 5.75 Å². The maximum absolute atomic E-state index is 12.9. The Morgan fingerprint density at radius 3 is 2.24 bits per heavy atom. The highest BCUT2D eigenvalue weighted by atomic mass is 32.2. The van der Waals surface area contributed by atoms with Crippen molar-refractivity contribution in [2.75, 3.05) is 13.1 Å². The quantitative estimate of drug-likeness (QED) is 0.785. The second-order valence-corrected chi connectivity index (χ2v) is 8.54. The third kappa shape index (κ3) is 4.50. The Balaban J connectivity index is 1.76. The molecule has 1 aliphatic heterocycles. The number of H-pyrrole nitrogens is 1. The number of piperazine rings is 1. The molecule has 1 saturated heterocycles. The van der Waals surface area contributed by atoms with Gasteiger partial charge in [0.15, 0.2) is 5.69 Å². The number of amides is 1. The molecule has 1 fully saturated rings. The molecule has 2 atom stereocenters. The van der Waals surface area contributed by atoms with E-state index in [0.717, 1.165) is 24.3 Å². The van der Waals surface area contributed by atoms with E-state index in [2.05, 4.69) is 20.1 Å². The molecule has 13 heteroatoms. The summed E-state index contributed by atoms with van der Waals surface area (Å²) in [6, 6.07) is 3.09. The Kier molecular flexibility index (Phi) is 5.54. The number of sulfonamides is 1. The van der Waals surface area contributed by atoms with E-state index in [4.69, 9.17) is 0 Å². The molecule has 3 rings (SSSR count). The van der Waals surface area contributed by atoms with Crippen LogP contribution >= 0.6 is 0 Å². The van der Waals surface area contributed by atoms with Crippen molar-refractivity contribution >= 4 is 15.9 Å². The third-order valence-electron chi connectivity index (χ3n) is 4.45. The van der Waals surface area contributed by atoms with Crippen molar-refractivity contribution in [1.29, 1.82) is 0 Å². The van der Waals surface area contributed by atoms with Gasteiger partial charge in [-0.2, -0.15) is 19.7 Å². The number of alkyl halides is 3. The molecule has 29 heavy (non-hydrogen) atoms. The number of halogens is 3. The second-order valence-electron chi connectivity index (χ2n) is 6.61. The number of nitrogens with zero attached hydrogens (tertiary/aromatic N) is 4. The van der Waals surface area contributed by atoms with Crippen molar-refractivity contribution in [3.05, 3.63) is 36.2 Å². The number of hydrogen-bond acceptors (Lipinski definition) is 6. The fourth-order valence-corrected chi connectivity index (χ4v) is 4.87. The van der Waals surface area contributed by atoms with Crippen LogP contribution < -0.4 is 4.74 Å². The molecule has 1 amide bonds. The Morgan fingerprint density at radius 1 is 1.17 bits per heavy atom. The summed E-state index contributed by atoms with van der Waals surface area (Å²) < 4.78 is 67.6. The number of benzene rings is 1. The number of hydrogen-bond donors (Lipinski definition) is 1. The lowest BCUT2D eigenvalue weighted by Gasteiger charge is -2.43. The molecule has 0 radical (unpaired) electrons. The van der Waals surface area contributed by atoms with Crippen LogP contribution in [0.25, 0.3) is 0 Å². The Hall–Kier alpha value is -2.67. The van der Waals surface area contributed by atoms with Crippen LogP contribution in [0.1, 0.15) is 24.3 Å². The predicted octanol–water partition coefficient (Wildman–Crippen LogP) is 1.63. The molecule has 0 spiro atoms. The molecule has 0 bridgehead atoms. The van der Waals surface area contributed by atoms with E-state index < -0.39 is 34.2 Å². The predicted molar refractivity (Wildman–Crippen MR) is 93.4 cm³/mol. The number of nitrogens with one attached hydrogen (secondary N) is 1. The van der Waals surface area contributed by atoms with Crippen molar-refractivity contribution in [2.45, 2.75) is 37.2 Å². The summed E-state index contributed by atoms with van der Waals surface area (Å²) in [5.74, 6) is -0.884. The average molecular weight is 433 g/mol. The van der Waals surface area contributed by atoms with Gasteiger partial charge in [0.2, 0.25) is 10.0 Å². The fourth-order valence-electron chi connectivity index (χ4n) is 3.27. The topological polar surface area (TPSA) is 108 Å². The molecule has 1 N–H and O–H groups in total. The van der Waals surface area contributed by atoms with Gasteiger partial charge < -0.3 is 9.64 Å². The molecule has 2 aromatic rings. The first-order chi connectivity index (χ1) is 13.5. The standard InChI is InChI=1S/C16H18F3N5O4S/c1-10-8-23(9-11(2)24(10)15(25)14-7-20-22-21-14)29(26,27)13-5-3-12(4-6-13)28-16(17,18)19/h3-7,10-11H,8-9H2,1-2H3,(H,20,21,22)/t10-,11+. The van der Waals surface area contributed by atoms with Gasteiger partial charge >= 0.3 is 6.36 Å². The minimum absolute atomic E-state index is 0.0249. The minimum Gasteiger partial charge on any atom is -0.406 e. The Morgan fingerprint density at radius 2 is 1.76 bits per heavy atom. The zero-order chi connectivity index (χ0) is 21.4. The lowest BCUT2D eigenvalue weighted by molar-refractivity contribution is -0.274. The lowest BCUT2D eigenvalue weighted by atomic mass is 10.1. The van der Waals surface area contributed by atoms with Gasteiger partial charge in [0.1, 0.15) is 5.75 Å². The Labute approximate surface area is 164 Å². The van der Waals surface area contributed by atoms with E-state index in [-0.39, 0.29) is 29.6 Å². The molecule has 1 aliphatic rings. The van der Waals surface area contributed by atoms with Gasteiger partial charge in [0, 0.05) is 25.2 Å². The normalized spacial score (nSPS) is 21.2. The molecule has 0 saturated carbocycles. The molecule has 0 aliphatic carbocycles. The first-order valence-electron chi connectivity index (χ1n) is 8.53. The maximum atomic E-state index is 12.9. The monoisotopic (exact) mass is 433 g/mol. The smallest absolute Gasteiger partial charge is 0.406 e. The Bertz CT molecular complexity index is 951. The van der Waals surface area contributed by atoms with Crippen LogP contribution in [0, 0.1) is 0 Å². The van der Waals surface area contributed by atoms with Gasteiger partial charge in [-0.3, -0.25) is 4.79 Å². The summed E-state index contributed by atoms with van der Waals surface area (Å²) in [5, 5.41) is 9.72. The van der Waals surface area contributed by atoms with E-state index >= 15 is 0 Å². The van der Waals surface area contributed by atoms with Gasteiger partial charge in [-0.05, 0) is 38.1 Å². The highest BCUT2D eigenvalue weighted by Crippen LogP contribution is 2.27. The lowest BCUT2D eigenvalue weighted by Crippen LogP contribution is -2.59. The van der Waals surface area contributed by atoms with Crippen LogP contribution in [-0.2, 0) is 10.0 Å². The van der Waals surface area contributed by atoms with Gasteiger partial charge in [0.05, 0.1) is 11.1 Å². The number of aromatic nitrogens is 3. The van der Waals surface area contributed by atoms with Gasteiger partial charge in [-0.25, -0.2) is 8.42 Å². The minimum atomic E-state index is -4.86. The molecular weight excluding hydrogens is 415 g/mol. The number of carbonyl (C=O) groups is 1. The zero-order valence-electron chi connectivity index (χ0n) is 15.4. The largest absolute Gasteiger partial charge is 0.573 e. The van der Waals surface area contributed by atoms with Crippen LogP contribution in [0.15, 0.2) is 35.4 Å². The highest BCUT2D eigenvalue weighted by Gasteiger charge is 2.39.